The normalized spacial score (nSPS) is 18.3. The molecule has 3 rings (SSSR count). The predicted octanol–water partition coefficient (Wildman–Crippen LogP) is 4.85. The van der Waals surface area contributed by atoms with Crippen LogP contribution in [0.25, 0.3) is 0 Å². The van der Waals surface area contributed by atoms with Gasteiger partial charge in [0.1, 0.15) is 0 Å². The number of amides is 1. The Labute approximate surface area is 185 Å². The molecule has 166 valence electrons. The first-order chi connectivity index (χ1) is 15.2. The molecule has 1 aliphatic rings. The fraction of sp³-hybridized carbons (Fsp3) is 0.423. The van der Waals surface area contributed by atoms with E-state index in [0.717, 1.165) is 24.8 Å². The number of hydrogen-bond acceptors (Lipinski definition) is 4. The SMILES string of the molecule is CC[C@H]1C(=O)N(CCc2ccc(OC)c(OC)c2)C=C[C@@H]1CCOCc1ccccc1. The highest BCUT2D eigenvalue weighted by Gasteiger charge is 2.31. The monoisotopic (exact) mass is 423 g/mol. The molecule has 0 aliphatic carbocycles. The highest BCUT2D eigenvalue weighted by molar-refractivity contribution is 5.81. The van der Waals surface area contributed by atoms with Crippen LogP contribution in [0.4, 0.5) is 0 Å². The largest absolute Gasteiger partial charge is 0.493 e. The molecule has 0 saturated carbocycles. The lowest BCUT2D eigenvalue weighted by atomic mass is 9.84. The average Bonchev–Trinajstić information content (AvgIpc) is 2.81. The van der Waals surface area contributed by atoms with Crippen LogP contribution in [-0.4, -0.2) is 38.2 Å². The zero-order valence-corrected chi connectivity index (χ0v) is 18.8. The molecular weight excluding hydrogens is 390 g/mol. The van der Waals surface area contributed by atoms with Crippen LogP contribution in [0.2, 0.25) is 0 Å². The van der Waals surface area contributed by atoms with E-state index in [4.69, 9.17) is 14.2 Å². The molecule has 2 aromatic rings. The Morgan fingerprint density at radius 1 is 0.968 bits per heavy atom. The van der Waals surface area contributed by atoms with Crippen LogP contribution in [0.3, 0.4) is 0 Å². The molecule has 0 spiro atoms. The molecule has 1 aliphatic heterocycles. The third-order valence-electron chi connectivity index (χ3n) is 5.87. The van der Waals surface area contributed by atoms with Crippen molar-refractivity contribution >= 4 is 5.91 Å². The number of benzene rings is 2. The maximum atomic E-state index is 13.1. The fourth-order valence-corrected chi connectivity index (χ4v) is 4.05. The van der Waals surface area contributed by atoms with Crippen molar-refractivity contribution in [1.29, 1.82) is 0 Å². The fourth-order valence-electron chi connectivity index (χ4n) is 4.05. The van der Waals surface area contributed by atoms with Crippen LogP contribution in [-0.2, 0) is 22.6 Å². The lowest BCUT2D eigenvalue weighted by Crippen LogP contribution is -2.40. The summed E-state index contributed by atoms with van der Waals surface area (Å²) in [5.41, 5.74) is 2.29. The van der Waals surface area contributed by atoms with Gasteiger partial charge in [-0.15, -0.1) is 0 Å². The number of methoxy groups -OCH3 is 2. The number of rotatable bonds is 11. The summed E-state index contributed by atoms with van der Waals surface area (Å²) in [6.45, 7) is 4.00. The number of nitrogens with zero attached hydrogens (tertiary/aromatic N) is 1. The van der Waals surface area contributed by atoms with Crippen molar-refractivity contribution in [2.45, 2.75) is 32.8 Å². The zero-order chi connectivity index (χ0) is 22.1. The molecule has 0 fully saturated rings. The highest BCUT2D eigenvalue weighted by atomic mass is 16.5. The van der Waals surface area contributed by atoms with Gasteiger partial charge in [-0.25, -0.2) is 0 Å². The first-order valence-electron chi connectivity index (χ1n) is 11.0. The maximum absolute atomic E-state index is 13.1. The second-order valence-electron chi connectivity index (χ2n) is 7.82. The molecule has 0 saturated heterocycles. The van der Waals surface area contributed by atoms with E-state index < -0.39 is 0 Å². The Morgan fingerprint density at radius 2 is 1.74 bits per heavy atom. The lowest BCUT2D eigenvalue weighted by molar-refractivity contribution is -0.135. The van der Waals surface area contributed by atoms with Gasteiger partial charge in [-0.3, -0.25) is 4.79 Å². The Hall–Kier alpha value is -2.79. The molecule has 0 unspecified atom stereocenters. The van der Waals surface area contributed by atoms with Crippen molar-refractivity contribution in [3.05, 3.63) is 71.9 Å². The van der Waals surface area contributed by atoms with Gasteiger partial charge in [0.15, 0.2) is 11.5 Å². The van der Waals surface area contributed by atoms with Crippen LogP contribution >= 0.6 is 0 Å². The van der Waals surface area contributed by atoms with Gasteiger partial charge in [-0.05, 0) is 48.4 Å². The van der Waals surface area contributed by atoms with E-state index >= 15 is 0 Å². The molecule has 1 heterocycles. The third kappa shape index (κ3) is 6.11. The average molecular weight is 424 g/mol. The van der Waals surface area contributed by atoms with Crippen LogP contribution in [0.15, 0.2) is 60.8 Å². The molecule has 0 bridgehead atoms. The minimum absolute atomic E-state index is 0.00993. The summed E-state index contributed by atoms with van der Waals surface area (Å²) in [5, 5.41) is 0. The minimum Gasteiger partial charge on any atom is -0.493 e. The van der Waals surface area contributed by atoms with E-state index in [0.29, 0.717) is 31.3 Å². The Morgan fingerprint density at radius 3 is 2.45 bits per heavy atom. The molecule has 0 N–H and O–H groups in total. The highest BCUT2D eigenvalue weighted by Crippen LogP contribution is 2.30. The quantitative estimate of drug-likeness (QED) is 0.485. The number of carbonyl (C=O) groups excluding carboxylic acids is 1. The van der Waals surface area contributed by atoms with E-state index in [1.54, 1.807) is 14.2 Å². The molecule has 31 heavy (non-hydrogen) atoms. The summed E-state index contributed by atoms with van der Waals surface area (Å²) in [4.78, 5) is 14.9. The van der Waals surface area contributed by atoms with Crippen LogP contribution in [0, 0.1) is 11.8 Å². The van der Waals surface area contributed by atoms with E-state index in [1.807, 2.05) is 47.5 Å². The lowest BCUT2D eigenvalue weighted by Gasteiger charge is -2.33. The van der Waals surface area contributed by atoms with Gasteiger partial charge in [0.05, 0.1) is 20.8 Å². The standard InChI is InChI=1S/C26H33NO4/c1-4-23-22(14-17-31-19-21-8-6-5-7-9-21)13-16-27(26(23)28)15-12-20-10-11-24(29-2)25(18-20)30-3/h5-11,13,16,18,22-23H,4,12,14-15,17,19H2,1-3H3/t22-,23-/m1/s1. The Kier molecular flexibility index (Phi) is 8.53. The maximum Gasteiger partial charge on any atom is 0.230 e. The first-order valence-corrected chi connectivity index (χ1v) is 11.0. The van der Waals surface area contributed by atoms with E-state index in [9.17, 15) is 4.79 Å². The van der Waals surface area contributed by atoms with Crippen LogP contribution in [0.1, 0.15) is 30.9 Å². The van der Waals surface area contributed by atoms with Crippen LogP contribution < -0.4 is 9.47 Å². The number of carbonyl (C=O) groups is 1. The van der Waals surface area contributed by atoms with Crippen molar-refractivity contribution < 1.29 is 19.0 Å². The van der Waals surface area contributed by atoms with E-state index in [-0.39, 0.29) is 17.7 Å². The molecule has 1 amide bonds. The predicted molar refractivity (Wildman–Crippen MR) is 122 cm³/mol. The van der Waals surface area contributed by atoms with Gasteiger partial charge in [-0.1, -0.05) is 49.4 Å². The van der Waals surface area contributed by atoms with E-state index in [1.165, 1.54) is 5.56 Å². The van der Waals surface area contributed by atoms with Gasteiger partial charge in [0.2, 0.25) is 5.91 Å². The van der Waals surface area contributed by atoms with Gasteiger partial charge in [0, 0.05) is 25.3 Å². The van der Waals surface area contributed by atoms with E-state index in [2.05, 4.69) is 25.1 Å². The number of ether oxygens (including phenoxy) is 3. The summed E-state index contributed by atoms with van der Waals surface area (Å²) in [7, 11) is 3.26. The number of hydrogen-bond donors (Lipinski definition) is 0. The molecule has 5 heteroatoms. The molecule has 5 nitrogen and oxygen atoms in total. The second kappa shape index (κ2) is 11.6. The van der Waals surface area contributed by atoms with Gasteiger partial charge < -0.3 is 19.1 Å². The topological polar surface area (TPSA) is 48.0 Å². The molecule has 0 radical (unpaired) electrons. The summed E-state index contributed by atoms with van der Waals surface area (Å²) in [6.07, 6.45) is 6.58. The van der Waals surface area contributed by atoms with Crippen molar-refractivity contribution in [3.8, 4) is 11.5 Å². The minimum atomic E-state index is 0.00993. The van der Waals surface area contributed by atoms with Crippen molar-refractivity contribution in [1.82, 2.24) is 4.90 Å². The van der Waals surface area contributed by atoms with Crippen molar-refractivity contribution in [2.75, 3.05) is 27.4 Å². The van der Waals surface area contributed by atoms with Crippen LogP contribution in [0.5, 0.6) is 11.5 Å². The second-order valence-corrected chi connectivity index (χ2v) is 7.82. The first kappa shape index (κ1) is 22.9. The molecule has 0 aromatic heterocycles. The van der Waals surface area contributed by atoms with Gasteiger partial charge in [0.25, 0.3) is 0 Å². The number of allylic oxidation sites excluding steroid dienone is 1. The molecular formula is C26H33NO4. The van der Waals surface area contributed by atoms with Crippen molar-refractivity contribution in [2.24, 2.45) is 11.8 Å². The Bertz CT molecular complexity index is 865. The summed E-state index contributed by atoms with van der Waals surface area (Å²) in [5.74, 6) is 1.87. The Balaban J connectivity index is 1.52. The summed E-state index contributed by atoms with van der Waals surface area (Å²) in [6, 6.07) is 16.1. The summed E-state index contributed by atoms with van der Waals surface area (Å²) < 4.78 is 16.5. The smallest absolute Gasteiger partial charge is 0.230 e. The molecule has 2 aromatic carbocycles. The van der Waals surface area contributed by atoms with Crippen molar-refractivity contribution in [3.63, 3.8) is 0 Å². The zero-order valence-electron chi connectivity index (χ0n) is 18.8. The summed E-state index contributed by atoms with van der Waals surface area (Å²) >= 11 is 0. The van der Waals surface area contributed by atoms with Gasteiger partial charge in [-0.2, -0.15) is 0 Å². The molecule has 2 atom stereocenters. The van der Waals surface area contributed by atoms with Gasteiger partial charge >= 0.3 is 0 Å². The third-order valence-corrected chi connectivity index (χ3v) is 5.87.